The predicted octanol–water partition coefficient (Wildman–Crippen LogP) is 3.56. The van der Waals surface area contributed by atoms with Crippen LogP contribution in [0.5, 0.6) is 5.75 Å². The number of rotatable bonds is 9. The number of nitrogens with one attached hydrogen (secondary N) is 2. The second kappa shape index (κ2) is 9.41. The minimum Gasteiger partial charge on any atom is -0.489 e. The van der Waals surface area contributed by atoms with Crippen LogP contribution in [0.4, 0.5) is 0 Å². The van der Waals surface area contributed by atoms with Crippen LogP contribution >= 0.6 is 23.2 Å². The first-order chi connectivity index (χ1) is 13.1. The Hall–Kier alpha value is -1.80. The van der Waals surface area contributed by atoms with Gasteiger partial charge < -0.3 is 9.30 Å². The number of benzene rings is 2. The molecule has 0 saturated heterocycles. The van der Waals surface area contributed by atoms with Gasteiger partial charge in [0.1, 0.15) is 12.4 Å². The summed E-state index contributed by atoms with van der Waals surface area (Å²) < 4.78 is 8.09. The van der Waals surface area contributed by atoms with Gasteiger partial charge in [0, 0.05) is 39.3 Å². The van der Waals surface area contributed by atoms with Crippen LogP contribution in [0.3, 0.4) is 0 Å². The van der Waals surface area contributed by atoms with E-state index in [-0.39, 0.29) is 6.17 Å². The molecule has 3 rings (SSSR count). The maximum Gasteiger partial charge on any atom is 0.120 e. The molecule has 27 heavy (non-hydrogen) atoms. The summed E-state index contributed by atoms with van der Waals surface area (Å²) in [7, 11) is 0. The van der Waals surface area contributed by atoms with Crippen molar-refractivity contribution in [2.45, 2.75) is 32.2 Å². The van der Waals surface area contributed by atoms with Crippen LogP contribution in [0.2, 0.25) is 10.0 Å². The maximum atomic E-state index is 6.19. The molecule has 0 aliphatic rings. The van der Waals surface area contributed by atoms with Crippen molar-refractivity contribution in [2.24, 2.45) is 11.7 Å². The molecule has 2 aromatic carbocycles. The van der Waals surface area contributed by atoms with E-state index in [0.717, 1.165) is 41.6 Å². The minimum absolute atomic E-state index is 0.0940. The molecule has 0 spiro atoms. The lowest BCUT2D eigenvalue weighted by Gasteiger charge is -2.14. The molecule has 0 saturated carbocycles. The Labute approximate surface area is 168 Å². The van der Waals surface area contributed by atoms with Gasteiger partial charge in [-0.25, -0.2) is 10.9 Å². The zero-order valence-electron chi connectivity index (χ0n) is 14.8. The smallest absolute Gasteiger partial charge is 0.120 e. The molecule has 0 unspecified atom stereocenters. The van der Waals surface area contributed by atoms with Crippen molar-refractivity contribution < 1.29 is 4.74 Å². The normalized spacial score (nSPS) is 11.4. The molecule has 0 radical (unpaired) electrons. The minimum atomic E-state index is -0.0940. The molecular formula is C19H23Cl2N5O. The molecule has 0 aliphatic carbocycles. The Morgan fingerprint density at radius 1 is 1.04 bits per heavy atom. The van der Waals surface area contributed by atoms with Gasteiger partial charge in [0.05, 0.1) is 6.17 Å². The van der Waals surface area contributed by atoms with Gasteiger partial charge in [-0.05, 0) is 49.2 Å². The fourth-order valence-corrected chi connectivity index (χ4v) is 3.48. The van der Waals surface area contributed by atoms with Crippen LogP contribution in [0.15, 0.2) is 48.7 Å². The molecule has 0 bridgehead atoms. The van der Waals surface area contributed by atoms with Crippen molar-refractivity contribution in [1.82, 2.24) is 15.4 Å². The first kappa shape index (κ1) is 19.9. The number of aromatic nitrogens is 1. The molecule has 1 heterocycles. The van der Waals surface area contributed by atoms with Gasteiger partial charge >= 0.3 is 0 Å². The van der Waals surface area contributed by atoms with Gasteiger partial charge in [-0.3, -0.25) is 11.7 Å². The van der Waals surface area contributed by atoms with Crippen LogP contribution < -0.4 is 27.3 Å². The zero-order chi connectivity index (χ0) is 19.2. The van der Waals surface area contributed by atoms with Crippen LogP contribution in [-0.2, 0) is 13.2 Å². The maximum absolute atomic E-state index is 6.19. The monoisotopic (exact) mass is 407 g/mol. The number of hydrogen-bond donors (Lipinski definition) is 4. The van der Waals surface area contributed by atoms with E-state index in [1.165, 1.54) is 0 Å². The number of halogens is 2. The topological polar surface area (TPSA) is 90.3 Å². The molecule has 0 amide bonds. The van der Waals surface area contributed by atoms with Crippen molar-refractivity contribution in [3.8, 4) is 5.75 Å². The lowest BCUT2D eigenvalue weighted by Crippen LogP contribution is -2.49. The Kier molecular flexibility index (Phi) is 6.95. The summed E-state index contributed by atoms with van der Waals surface area (Å²) >= 11 is 12.4. The Bertz CT molecular complexity index is 875. The van der Waals surface area contributed by atoms with Crippen LogP contribution in [-0.4, -0.2) is 10.7 Å². The lowest BCUT2D eigenvalue weighted by molar-refractivity contribution is 0.307. The number of ether oxygens (including phenoxy) is 1. The third-order valence-electron chi connectivity index (χ3n) is 4.48. The highest BCUT2D eigenvalue weighted by Gasteiger charge is 2.08. The van der Waals surface area contributed by atoms with Gasteiger partial charge in [-0.2, -0.15) is 0 Å². The first-order valence-electron chi connectivity index (χ1n) is 8.69. The highest BCUT2D eigenvalue weighted by molar-refractivity contribution is 6.35. The van der Waals surface area contributed by atoms with E-state index in [1.807, 2.05) is 18.2 Å². The van der Waals surface area contributed by atoms with E-state index in [2.05, 4.69) is 33.7 Å². The Morgan fingerprint density at radius 2 is 1.78 bits per heavy atom. The van der Waals surface area contributed by atoms with Crippen molar-refractivity contribution in [2.75, 3.05) is 0 Å². The standard InChI is InChI=1S/C19H23Cl2N5O/c20-16-3-1-4-17(21)15(16)12-27-14-6-7-18-13(11-14)8-10-26(18)9-2-5-19(24-22)25-23/h1,3-4,6-8,10-11,19,24-25H,2,5,9,12,22-23H2. The second-order valence-electron chi connectivity index (χ2n) is 6.25. The SMILES string of the molecule is NNC(CCCn1ccc2cc(OCc3c(Cl)cccc3Cl)ccc21)NN. The second-order valence-corrected chi connectivity index (χ2v) is 7.06. The molecule has 144 valence electrons. The average molecular weight is 408 g/mol. The third-order valence-corrected chi connectivity index (χ3v) is 5.19. The third kappa shape index (κ3) is 4.93. The van der Waals surface area contributed by atoms with Gasteiger partial charge in [0.25, 0.3) is 0 Å². The number of fused-ring (bicyclic) bond motifs is 1. The molecule has 1 aromatic heterocycles. The number of hydrogen-bond acceptors (Lipinski definition) is 5. The van der Waals surface area contributed by atoms with E-state index in [4.69, 9.17) is 39.6 Å². The van der Waals surface area contributed by atoms with E-state index in [9.17, 15) is 0 Å². The van der Waals surface area contributed by atoms with Crippen molar-refractivity contribution in [3.05, 3.63) is 64.3 Å². The molecule has 6 N–H and O–H groups in total. The van der Waals surface area contributed by atoms with Gasteiger partial charge in [-0.15, -0.1) is 0 Å². The summed E-state index contributed by atoms with van der Waals surface area (Å²) in [5, 5.41) is 2.32. The van der Waals surface area contributed by atoms with Crippen molar-refractivity contribution >= 4 is 34.1 Å². The molecule has 3 aromatic rings. The summed E-state index contributed by atoms with van der Waals surface area (Å²) in [6.07, 6.45) is 3.74. The number of nitrogens with two attached hydrogens (primary N) is 2. The Morgan fingerprint density at radius 3 is 2.48 bits per heavy atom. The zero-order valence-corrected chi connectivity index (χ0v) is 16.3. The fraction of sp³-hybridized carbons (Fsp3) is 0.263. The van der Waals surface area contributed by atoms with Gasteiger partial charge in [0.15, 0.2) is 0 Å². The van der Waals surface area contributed by atoms with Crippen LogP contribution in [0.1, 0.15) is 18.4 Å². The largest absolute Gasteiger partial charge is 0.489 e. The fourth-order valence-electron chi connectivity index (χ4n) is 2.97. The molecule has 6 nitrogen and oxygen atoms in total. The predicted molar refractivity (Wildman–Crippen MR) is 110 cm³/mol. The van der Waals surface area contributed by atoms with Crippen molar-refractivity contribution in [3.63, 3.8) is 0 Å². The molecule has 0 aliphatic heterocycles. The first-order valence-corrected chi connectivity index (χ1v) is 9.45. The Balaban J connectivity index is 1.64. The van der Waals surface area contributed by atoms with Crippen LogP contribution in [0, 0.1) is 0 Å². The average Bonchev–Trinajstić information content (AvgIpc) is 3.07. The van der Waals surface area contributed by atoms with Gasteiger partial charge in [-0.1, -0.05) is 29.3 Å². The summed E-state index contributed by atoms with van der Waals surface area (Å²) in [4.78, 5) is 0. The van der Waals surface area contributed by atoms with E-state index >= 15 is 0 Å². The summed E-state index contributed by atoms with van der Waals surface area (Å²) in [6, 6.07) is 13.5. The summed E-state index contributed by atoms with van der Waals surface area (Å²) in [6.45, 7) is 1.20. The highest BCUT2D eigenvalue weighted by Crippen LogP contribution is 2.27. The molecule has 0 fully saturated rings. The number of nitrogens with zero attached hydrogens (tertiary/aromatic N) is 1. The number of hydrazine groups is 2. The van der Waals surface area contributed by atoms with E-state index in [1.54, 1.807) is 12.1 Å². The lowest BCUT2D eigenvalue weighted by atomic mass is 10.2. The number of aryl methyl sites for hydroxylation is 1. The van der Waals surface area contributed by atoms with Crippen molar-refractivity contribution in [1.29, 1.82) is 0 Å². The highest BCUT2D eigenvalue weighted by atomic mass is 35.5. The summed E-state index contributed by atoms with van der Waals surface area (Å²) in [5.74, 6) is 11.6. The van der Waals surface area contributed by atoms with Gasteiger partial charge in [0.2, 0.25) is 0 Å². The molecule has 0 atom stereocenters. The van der Waals surface area contributed by atoms with Crippen LogP contribution in [0.25, 0.3) is 10.9 Å². The summed E-state index contributed by atoms with van der Waals surface area (Å²) in [5.41, 5.74) is 7.20. The van der Waals surface area contributed by atoms with E-state index < -0.39 is 0 Å². The quantitative estimate of drug-likeness (QED) is 0.247. The van der Waals surface area contributed by atoms with E-state index in [0.29, 0.717) is 16.7 Å². The molecular weight excluding hydrogens is 385 g/mol. The molecule has 8 heteroatoms.